The molecule has 0 aliphatic heterocycles. The average molecular weight is 212 g/mol. The first-order valence-electron chi connectivity index (χ1n) is 3.79. The van der Waals surface area contributed by atoms with E-state index < -0.39 is 11.7 Å². The molecule has 0 atom stereocenters. The highest BCUT2D eigenvalue weighted by Crippen LogP contribution is 2.11. The number of carbonyl (C=O) groups excluding carboxylic acids is 1. The molecule has 0 radical (unpaired) electrons. The molecule has 0 spiro atoms. The van der Waals surface area contributed by atoms with E-state index in [1.807, 2.05) is 0 Å². The first-order chi connectivity index (χ1) is 6.63. The minimum Gasteiger partial charge on any atom is -0.359 e. The number of benzene rings is 1. The van der Waals surface area contributed by atoms with Crippen molar-refractivity contribution in [2.24, 2.45) is 5.73 Å². The van der Waals surface area contributed by atoms with Gasteiger partial charge in [0.15, 0.2) is 0 Å². The Hall–Kier alpha value is -1.53. The lowest BCUT2D eigenvalue weighted by atomic mass is 10.1. The van der Waals surface area contributed by atoms with Crippen LogP contribution >= 0.6 is 11.6 Å². The number of hydrogen-bond donors (Lipinski definition) is 1. The third kappa shape index (κ3) is 2.75. The molecule has 0 fully saturated rings. The third-order valence-corrected chi connectivity index (χ3v) is 1.82. The van der Waals surface area contributed by atoms with E-state index in [-0.39, 0.29) is 5.88 Å². The maximum absolute atomic E-state index is 13.1. The predicted octanol–water partition coefficient (Wildman–Crippen LogP) is 1.40. The van der Waals surface area contributed by atoms with Crippen LogP contribution in [-0.2, 0) is 10.7 Å². The molecule has 0 saturated carbocycles. The van der Waals surface area contributed by atoms with Crippen LogP contribution in [0.1, 0.15) is 11.1 Å². The zero-order valence-electron chi connectivity index (χ0n) is 7.18. The van der Waals surface area contributed by atoms with E-state index in [2.05, 4.69) is 11.8 Å². The van der Waals surface area contributed by atoms with Crippen molar-refractivity contribution in [2.75, 3.05) is 0 Å². The summed E-state index contributed by atoms with van der Waals surface area (Å²) in [6.45, 7) is 0. The van der Waals surface area contributed by atoms with E-state index in [9.17, 15) is 9.18 Å². The van der Waals surface area contributed by atoms with Crippen molar-refractivity contribution in [1.29, 1.82) is 0 Å². The van der Waals surface area contributed by atoms with Gasteiger partial charge in [-0.3, -0.25) is 4.79 Å². The smallest absolute Gasteiger partial charge is 0.293 e. The van der Waals surface area contributed by atoms with Crippen LogP contribution < -0.4 is 5.73 Å². The van der Waals surface area contributed by atoms with Crippen molar-refractivity contribution in [2.45, 2.75) is 5.88 Å². The number of nitrogens with two attached hydrogens (primary N) is 1. The van der Waals surface area contributed by atoms with Crippen LogP contribution in [-0.4, -0.2) is 5.91 Å². The number of hydrogen-bond acceptors (Lipinski definition) is 1. The minimum atomic E-state index is -0.744. The molecular weight excluding hydrogens is 205 g/mol. The second kappa shape index (κ2) is 4.64. The standard InChI is InChI=1S/C10H7ClFNO/c11-6-8-3-1-7(5-9(8)12)2-4-10(13)14/h1,3,5H,6H2,(H2,13,14). The predicted molar refractivity (Wildman–Crippen MR) is 52.0 cm³/mol. The van der Waals surface area contributed by atoms with Gasteiger partial charge < -0.3 is 5.73 Å². The summed E-state index contributed by atoms with van der Waals surface area (Å²) < 4.78 is 13.1. The summed E-state index contributed by atoms with van der Waals surface area (Å²) in [4.78, 5) is 10.3. The Morgan fingerprint density at radius 2 is 2.29 bits per heavy atom. The maximum atomic E-state index is 13.1. The Balaban J connectivity index is 2.99. The first kappa shape index (κ1) is 10.6. The lowest BCUT2D eigenvalue weighted by Crippen LogP contribution is -2.06. The second-order valence-corrected chi connectivity index (χ2v) is 2.82. The number of halogens is 2. The molecule has 1 aromatic carbocycles. The van der Waals surface area contributed by atoms with Crippen molar-refractivity contribution in [1.82, 2.24) is 0 Å². The van der Waals surface area contributed by atoms with Gasteiger partial charge in [0.05, 0.1) is 5.88 Å². The van der Waals surface area contributed by atoms with E-state index in [1.165, 1.54) is 12.1 Å². The van der Waals surface area contributed by atoms with E-state index in [4.69, 9.17) is 17.3 Å². The van der Waals surface area contributed by atoms with Gasteiger partial charge in [0.2, 0.25) is 0 Å². The van der Waals surface area contributed by atoms with Crippen LogP contribution in [0.5, 0.6) is 0 Å². The van der Waals surface area contributed by atoms with Gasteiger partial charge in [-0.2, -0.15) is 0 Å². The fourth-order valence-electron chi connectivity index (χ4n) is 0.867. The fraction of sp³-hybridized carbons (Fsp3) is 0.100. The van der Waals surface area contributed by atoms with Gasteiger partial charge in [0, 0.05) is 11.1 Å². The van der Waals surface area contributed by atoms with Crippen LogP contribution in [0.2, 0.25) is 0 Å². The third-order valence-electron chi connectivity index (χ3n) is 1.53. The lowest BCUT2D eigenvalue weighted by molar-refractivity contribution is -0.112. The molecule has 0 bridgehead atoms. The summed E-state index contributed by atoms with van der Waals surface area (Å²) >= 11 is 5.46. The van der Waals surface area contributed by atoms with Gasteiger partial charge in [0.1, 0.15) is 5.82 Å². The fourth-order valence-corrected chi connectivity index (χ4v) is 1.08. The van der Waals surface area contributed by atoms with Gasteiger partial charge in [-0.05, 0) is 18.1 Å². The molecule has 0 aliphatic rings. The van der Waals surface area contributed by atoms with E-state index in [0.717, 1.165) is 0 Å². The van der Waals surface area contributed by atoms with Crippen LogP contribution in [0.4, 0.5) is 4.39 Å². The molecule has 14 heavy (non-hydrogen) atoms. The Labute approximate surface area is 85.9 Å². The Kier molecular flexibility index (Phi) is 3.49. The van der Waals surface area contributed by atoms with Gasteiger partial charge in [-0.25, -0.2) is 4.39 Å². The lowest BCUT2D eigenvalue weighted by Gasteiger charge is -1.97. The van der Waals surface area contributed by atoms with Crippen LogP contribution in [0.15, 0.2) is 18.2 Å². The summed E-state index contributed by atoms with van der Waals surface area (Å²) in [6, 6.07) is 4.32. The molecule has 2 nitrogen and oxygen atoms in total. The normalized spacial score (nSPS) is 9.00. The first-order valence-corrected chi connectivity index (χ1v) is 4.33. The topological polar surface area (TPSA) is 43.1 Å². The van der Waals surface area contributed by atoms with Gasteiger partial charge in [-0.15, -0.1) is 11.6 Å². The van der Waals surface area contributed by atoms with Crippen molar-refractivity contribution >= 4 is 17.5 Å². The summed E-state index contributed by atoms with van der Waals surface area (Å²) in [5.74, 6) is 3.47. The van der Waals surface area contributed by atoms with Crippen LogP contribution in [0.25, 0.3) is 0 Å². The number of rotatable bonds is 1. The molecule has 0 aromatic heterocycles. The van der Waals surface area contributed by atoms with Crippen molar-refractivity contribution in [3.8, 4) is 11.8 Å². The summed E-state index contributed by atoms with van der Waals surface area (Å²) in [7, 11) is 0. The Morgan fingerprint density at radius 3 is 2.79 bits per heavy atom. The largest absolute Gasteiger partial charge is 0.359 e. The molecular formula is C10H7ClFNO. The minimum absolute atomic E-state index is 0.107. The zero-order chi connectivity index (χ0) is 10.6. The second-order valence-electron chi connectivity index (χ2n) is 2.55. The van der Waals surface area contributed by atoms with Crippen molar-refractivity contribution in [3.63, 3.8) is 0 Å². The van der Waals surface area contributed by atoms with Gasteiger partial charge in [0.25, 0.3) is 5.91 Å². The molecule has 2 N–H and O–H groups in total. The van der Waals surface area contributed by atoms with Crippen molar-refractivity contribution < 1.29 is 9.18 Å². The van der Waals surface area contributed by atoms with Gasteiger partial charge >= 0.3 is 0 Å². The number of carbonyl (C=O) groups is 1. The monoisotopic (exact) mass is 211 g/mol. The number of primary amides is 1. The van der Waals surface area contributed by atoms with Crippen molar-refractivity contribution in [3.05, 3.63) is 35.1 Å². The van der Waals surface area contributed by atoms with E-state index in [1.54, 1.807) is 6.07 Å². The molecule has 0 saturated heterocycles. The zero-order valence-corrected chi connectivity index (χ0v) is 7.94. The Bertz CT molecular complexity index is 420. The quantitative estimate of drug-likeness (QED) is 0.554. The SMILES string of the molecule is NC(=O)C#Cc1ccc(CCl)c(F)c1. The summed E-state index contributed by atoms with van der Waals surface area (Å²) in [5, 5.41) is 0. The number of amides is 1. The molecule has 1 aromatic rings. The molecule has 1 amide bonds. The summed E-state index contributed by atoms with van der Waals surface area (Å²) in [5.41, 5.74) is 5.60. The Morgan fingerprint density at radius 1 is 1.57 bits per heavy atom. The highest BCUT2D eigenvalue weighted by atomic mass is 35.5. The van der Waals surface area contributed by atoms with Gasteiger partial charge in [-0.1, -0.05) is 12.0 Å². The molecule has 0 aliphatic carbocycles. The van der Waals surface area contributed by atoms with Crippen LogP contribution in [0, 0.1) is 17.7 Å². The van der Waals surface area contributed by atoms with E-state index in [0.29, 0.717) is 11.1 Å². The maximum Gasteiger partial charge on any atom is 0.293 e. The number of alkyl halides is 1. The molecule has 1 rings (SSSR count). The molecule has 4 heteroatoms. The highest BCUT2D eigenvalue weighted by molar-refractivity contribution is 6.17. The average Bonchev–Trinajstić information content (AvgIpc) is 2.15. The highest BCUT2D eigenvalue weighted by Gasteiger charge is 2.00. The molecule has 72 valence electrons. The molecule has 0 heterocycles. The molecule has 0 unspecified atom stereocenters. The van der Waals surface area contributed by atoms with Crippen LogP contribution in [0.3, 0.4) is 0 Å². The van der Waals surface area contributed by atoms with E-state index >= 15 is 0 Å². The summed E-state index contributed by atoms with van der Waals surface area (Å²) in [6.07, 6.45) is 0.